The van der Waals surface area contributed by atoms with Gasteiger partial charge in [0.05, 0.1) is 36.1 Å². The van der Waals surface area contributed by atoms with Crippen LogP contribution in [0.3, 0.4) is 0 Å². The smallest absolute Gasteiger partial charge is 0.291 e. The summed E-state index contributed by atoms with van der Waals surface area (Å²) in [5.74, 6) is -0.675. The SMILES string of the molecule is COC1CC2=C(C=C1C)CCN(CCc1ccc(-n3nnc(-c4cc(CO)c(CO)cc4NC(=O)c4cc(=O)c5ccccc5o4)n3)cc1)C2. The second-order valence-electron chi connectivity index (χ2n) is 12.7. The molecule has 1 amide bonds. The second kappa shape index (κ2) is 14.3. The van der Waals surface area contributed by atoms with Crippen molar-refractivity contribution < 1.29 is 24.2 Å². The molecule has 2 aliphatic rings. The molecule has 7 rings (SSSR count). The Balaban J connectivity index is 1.07. The molecule has 3 N–H and O–H groups in total. The molecule has 1 aliphatic carbocycles. The van der Waals surface area contributed by atoms with Crippen LogP contribution in [0.15, 0.2) is 98.7 Å². The van der Waals surface area contributed by atoms with E-state index in [1.54, 1.807) is 37.4 Å². The van der Waals surface area contributed by atoms with Crippen LogP contribution in [-0.4, -0.2) is 74.1 Å². The maximum absolute atomic E-state index is 13.3. The summed E-state index contributed by atoms with van der Waals surface area (Å²) in [5.41, 5.74) is 7.55. The van der Waals surface area contributed by atoms with E-state index in [9.17, 15) is 19.8 Å². The lowest BCUT2D eigenvalue weighted by molar-refractivity contribution is 0.0997. The maximum atomic E-state index is 13.3. The molecule has 1 aliphatic heterocycles. The molecule has 1 atom stereocenters. The van der Waals surface area contributed by atoms with E-state index in [1.165, 1.54) is 33.1 Å². The predicted molar refractivity (Wildman–Crippen MR) is 188 cm³/mol. The number of amides is 1. The minimum absolute atomic E-state index is 0.175. The van der Waals surface area contributed by atoms with E-state index in [1.807, 2.05) is 12.1 Å². The van der Waals surface area contributed by atoms with Crippen LogP contribution < -0.4 is 10.7 Å². The minimum Gasteiger partial charge on any atom is -0.451 e. The number of hydrogen-bond donors (Lipinski definition) is 3. The Hall–Kier alpha value is -5.27. The summed E-state index contributed by atoms with van der Waals surface area (Å²) in [6.45, 7) is 4.39. The third kappa shape index (κ3) is 6.78. The van der Waals surface area contributed by atoms with E-state index < -0.39 is 5.91 Å². The lowest BCUT2D eigenvalue weighted by Crippen LogP contribution is -2.35. The second-order valence-corrected chi connectivity index (χ2v) is 12.7. The topological polar surface area (TPSA) is 156 Å². The summed E-state index contributed by atoms with van der Waals surface area (Å²) >= 11 is 0. The van der Waals surface area contributed by atoms with Crippen molar-refractivity contribution in [3.05, 3.63) is 122 Å². The summed E-state index contributed by atoms with van der Waals surface area (Å²) in [7, 11) is 1.78. The van der Waals surface area contributed by atoms with Crippen molar-refractivity contribution >= 4 is 22.6 Å². The van der Waals surface area contributed by atoms with E-state index in [0.717, 1.165) is 45.0 Å². The zero-order valence-corrected chi connectivity index (χ0v) is 27.9. The third-order valence-corrected chi connectivity index (χ3v) is 9.52. The van der Waals surface area contributed by atoms with Crippen molar-refractivity contribution in [1.29, 1.82) is 0 Å². The quantitative estimate of drug-likeness (QED) is 0.192. The number of hydrogen-bond acceptors (Lipinski definition) is 10. The van der Waals surface area contributed by atoms with Crippen molar-refractivity contribution in [3.63, 3.8) is 0 Å². The molecule has 0 saturated carbocycles. The zero-order chi connectivity index (χ0) is 34.8. The van der Waals surface area contributed by atoms with Crippen LogP contribution in [0.4, 0.5) is 5.69 Å². The number of nitrogens with one attached hydrogen (secondary N) is 1. The molecule has 12 heteroatoms. The van der Waals surface area contributed by atoms with Gasteiger partial charge in [0, 0.05) is 44.8 Å². The number of carbonyl (C=O) groups is 1. The summed E-state index contributed by atoms with van der Waals surface area (Å²) < 4.78 is 11.4. The highest BCUT2D eigenvalue weighted by atomic mass is 16.5. The van der Waals surface area contributed by atoms with Crippen LogP contribution in [0.25, 0.3) is 28.0 Å². The molecule has 5 aromatic rings. The van der Waals surface area contributed by atoms with Gasteiger partial charge in [0.2, 0.25) is 5.82 Å². The Morgan fingerprint density at radius 1 is 1.06 bits per heavy atom. The first-order chi connectivity index (χ1) is 24.3. The minimum atomic E-state index is -0.677. The maximum Gasteiger partial charge on any atom is 0.291 e. The molecule has 0 radical (unpaired) electrons. The number of aromatic nitrogens is 4. The number of rotatable bonds is 10. The Bertz CT molecular complexity index is 2180. The van der Waals surface area contributed by atoms with Crippen LogP contribution in [0, 0.1) is 0 Å². The zero-order valence-electron chi connectivity index (χ0n) is 27.9. The molecular formula is C38H38N6O6. The van der Waals surface area contributed by atoms with Gasteiger partial charge < -0.3 is 24.7 Å². The monoisotopic (exact) mass is 674 g/mol. The van der Waals surface area contributed by atoms with Gasteiger partial charge in [0.1, 0.15) is 5.58 Å². The summed E-state index contributed by atoms with van der Waals surface area (Å²) in [6.07, 6.45) is 5.43. The van der Waals surface area contributed by atoms with E-state index >= 15 is 0 Å². The molecule has 0 fully saturated rings. The van der Waals surface area contributed by atoms with Gasteiger partial charge in [0.25, 0.3) is 5.91 Å². The number of allylic oxidation sites excluding steroid dienone is 1. The number of para-hydroxylation sites is 1. The predicted octanol–water partition coefficient (Wildman–Crippen LogP) is 4.58. The van der Waals surface area contributed by atoms with Crippen LogP contribution in [0.5, 0.6) is 0 Å². The number of benzene rings is 3. The van der Waals surface area contributed by atoms with E-state index in [2.05, 4.69) is 50.8 Å². The van der Waals surface area contributed by atoms with Crippen LogP contribution in [0.2, 0.25) is 0 Å². The molecule has 50 heavy (non-hydrogen) atoms. The van der Waals surface area contributed by atoms with Crippen LogP contribution in [0.1, 0.15) is 47.0 Å². The number of tetrazole rings is 1. The first-order valence-electron chi connectivity index (χ1n) is 16.6. The van der Waals surface area contributed by atoms with Gasteiger partial charge in [-0.3, -0.25) is 14.5 Å². The molecule has 0 spiro atoms. The van der Waals surface area contributed by atoms with E-state index in [0.29, 0.717) is 27.8 Å². The Kier molecular flexibility index (Phi) is 9.50. The number of anilines is 1. The highest BCUT2D eigenvalue weighted by molar-refractivity contribution is 6.05. The molecule has 256 valence electrons. The normalized spacial score (nSPS) is 16.4. The molecule has 3 heterocycles. The van der Waals surface area contributed by atoms with Gasteiger partial charge >= 0.3 is 0 Å². The van der Waals surface area contributed by atoms with Crippen molar-refractivity contribution in [2.75, 3.05) is 32.1 Å². The largest absolute Gasteiger partial charge is 0.451 e. The Morgan fingerprint density at radius 2 is 1.84 bits per heavy atom. The molecule has 1 unspecified atom stereocenters. The molecule has 0 bridgehead atoms. The number of carbonyl (C=O) groups excluding carboxylic acids is 1. The van der Waals surface area contributed by atoms with Crippen LogP contribution >= 0.6 is 0 Å². The van der Waals surface area contributed by atoms with Gasteiger partial charge in [-0.2, -0.15) is 0 Å². The molecular weight excluding hydrogens is 636 g/mol. The fraction of sp³-hybridized carbons (Fsp3) is 0.289. The number of nitrogens with zero attached hydrogens (tertiary/aromatic N) is 5. The first-order valence-corrected chi connectivity index (χ1v) is 16.6. The van der Waals surface area contributed by atoms with Gasteiger partial charge in [-0.05, 0) is 89.2 Å². The average molecular weight is 675 g/mol. The number of fused-ring (bicyclic) bond motifs is 1. The first kappa shape index (κ1) is 33.2. The number of aliphatic hydroxyl groups excluding tert-OH is 2. The van der Waals surface area contributed by atoms with Gasteiger partial charge in [-0.1, -0.05) is 35.9 Å². The van der Waals surface area contributed by atoms with Crippen molar-refractivity contribution in [3.8, 4) is 17.1 Å². The number of aliphatic hydroxyl groups is 2. The summed E-state index contributed by atoms with van der Waals surface area (Å²) in [4.78, 5) is 29.9. The summed E-state index contributed by atoms with van der Waals surface area (Å²) in [5, 5.41) is 36.2. The lowest BCUT2D eigenvalue weighted by Gasteiger charge is -2.34. The van der Waals surface area contributed by atoms with Gasteiger partial charge in [-0.25, -0.2) is 0 Å². The van der Waals surface area contributed by atoms with Gasteiger partial charge in [0.15, 0.2) is 11.2 Å². The van der Waals surface area contributed by atoms with E-state index in [-0.39, 0.29) is 47.6 Å². The fourth-order valence-electron chi connectivity index (χ4n) is 6.67. The van der Waals surface area contributed by atoms with Crippen molar-refractivity contribution in [2.45, 2.75) is 45.5 Å². The summed E-state index contributed by atoms with van der Waals surface area (Å²) in [6, 6.07) is 18.9. The average Bonchev–Trinajstić information content (AvgIpc) is 3.64. The van der Waals surface area contributed by atoms with Crippen molar-refractivity contribution in [1.82, 2.24) is 25.1 Å². The highest BCUT2D eigenvalue weighted by Gasteiger charge is 2.25. The third-order valence-electron chi connectivity index (χ3n) is 9.52. The van der Waals surface area contributed by atoms with E-state index in [4.69, 9.17) is 9.15 Å². The molecule has 0 saturated heterocycles. The van der Waals surface area contributed by atoms with Crippen molar-refractivity contribution in [2.24, 2.45) is 0 Å². The molecule has 2 aromatic heterocycles. The van der Waals surface area contributed by atoms with Gasteiger partial charge in [-0.15, -0.1) is 15.0 Å². The molecule has 12 nitrogen and oxygen atoms in total. The number of ether oxygens (including phenoxy) is 1. The number of methoxy groups -OCH3 is 1. The Labute approximate surface area is 288 Å². The Morgan fingerprint density at radius 3 is 2.62 bits per heavy atom. The van der Waals surface area contributed by atoms with Crippen LogP contribution in [-0.2, 0) is 24.4 Å². The fourth-order valence-corrected chi connectivity index (χ4v) is 6.67. The lowest BCUT2D eigenvalue weighted by atomic mass is 9.86. The highest BCUT2D eigenvalue weighted by Crippen LogP contribution is 2.32. The molecule has 3 aromatic carbocycles. The standard InChI is InChI=1S/C38H38N6O6/c1-23-15-25-12-14-43(20-26(25)18-35(23)49-2)13-11-24-7-9-29(10-8-24)44-41-37(40-42-44)31-16-27(21-45)28(22-46)17-32(31)39-38(48)36-19-33(47)30-5-3-4-6-34(30)50-36/h3-10,15-17,19,35,45-46H,11-14,18,20-22H2,1-2H3,(H,39,48).